The van der Waals surface area contributed by atoms with Gasteiger partial charge in [0.15, 0.2) is 0 Å². The van der Waals surface area contributed by atoms with Gasteiger partial charge in [-0.05, 0) is 35.3 Å². The van der Waals surface area contributed by atoms with Crippen molar-refractivity contribution < 1.29 is 8.42 Å². The van der Waals surface area contributed by atoms with E-state index in [1.54, 1.807) is 4.31 Å². The molecule has 0 bridgehead atoms. The normalized spacial score (nSPS) is 25.5. The highest BCUT2D eigenvalue weighted by Crippen LogP contribution is 2.34. The van der Waals surface area contributed by atoms with E-state index >= 15 is 0 Å². The quantitative estimate of drug-likeness (QED) is 0.844. The maximum Gasteiger partial charge on any atom is 0.253 e. The van der Waals surface area contributed by atoms with E-state index in [9.17, 15) is 8.42 Å². The molecule has 2 saturated heterocycles. The first-order valence-electron chi connectivity index (χ1n) is 7.19. The summed E-state index contributed by atoms with van der Waals surface area (Å²) in [5.41, 5.74) is 0. The van der Waals surface area contributed by atoms with Gasteiger partial charge in [-0.25, -0.2) is 8.42 Å². The molecule has 3 heterocycles. The third kappa shape index (κ3) is 3.20. The highest BCUT2D eigenvalue weighted by molar-refractivity contribution is 9.10. The molecule has 1 atom stereocenters. The molecular formula is C13H20BrN3O2S2. The number of piperazine rings is 1. The van der Waals surface area contributed by atoms with Crippen molar-refractivity contribution in [3.63, 3.8) is 0 Å². The highest BCUT2D eigenvalue weighted by Gasteiger charge is 2.37. The molecule has 1 aromatic heterocycles. The van der Waals surface area contributed by atoms with E-state index in [1.165, 1.54) is 11.3 Å². The summed E-state index contributed by atoms with van der Waals surface area (Å²) >= 11 is 4.72. The Labute approximate surface area is 138 Å². The van der Waals surface area contributed by atoms with Crippen molar-refractivity contribution in [2.24, 2.45) is 0 Å². The number of sulfonamides is 1. The summed E-state index contributed by atoms with van der Waals surface area (Å²) in [6.45, 7) is 7.20. The number of nitrogens with zero attached hydrogens (tertiary/aromatic N) is 2. The lowest BCUT2D eigenvalue weighted by atomic mass is 10.2. The third-order valence-electron chi connectivity index (χ3n) is 4.15. The van der Waals surface area contributed by atoms with Crippen molar-refractivity contribution in [1.29, 1.82) is 0 Å². The van der Waals surface area contributed by atoms with E-state index in [0.717, 1.165) is 37.5 Å². The summed E-state index contributed by atoms with van der Waals surface area (Å²) in [7, 11) is -3.36. The molecule has 2 fully saturated rings. The Balaban J connectivity index is 1.74. The van der Waals surface area contributed by atoms with E-state index in [1.807, 2.05) is 13.0 Å². The molecule has 2 aliphatic rings. The Hall–Kier alpha value is 0.01000. The van der Waals surface area contributed by atoms with Crippen LogP contribution in [0.3, 0.4) is 0 Å². The van der Waals surface area contributed by atoms with Crippen molar-refractivity contribution in [3.8, 4) is 0 Å². The van der Waals surface area contributed by atoms with Gasteiger partial charge < -0.3 is 5.32 Å². The van der Waals surface area contributed by atoms with E-state index in [0.29, 0.717) is 27.8 Å². The van der Waals surface area contributed by atoms with Crippen LogP contribution >= 0.6 is 27.3 Å². The first-order chi connectivity index (χ1) is 9.98. The molecule has 0 saturated carbocycles. The first-order valence-corrected chi connectivity index (χ1v) is 10.2. The minimum absolute atomic E-state index is 0.363. The standard InChI is InChI=1S/C13H20BrN3O2S2/c1-10-8-12(14)13(20-10)21(18,19)17-5-2-11(9-17)16-6-3-15-4-7-16/h8,11,15H,2-7,9H2,1H3. The topological polar surface area (TPSA) is 52.7 Å². The van der Waals surface area contributed by atoms with Gasteiger partial charge in [-0.2, -0.15) is 4.31 Å². The molecule has 1 unspecified atom stereocenters. The first kappa shape index (κ1) is 15.9. The van der Waals surface area contributed by atoms with E-state index in [4.69, 9.17) is 0 Å². The van der Waals surface area contributed by atoms with Crippen LogP contribution in [0, 0.1) is 6.92 Å². The predicted octanol–water partition coefficient (Wildman–Crippen LogP) is 1.49. The summed E-state index contributed by atoms with van der Waals surface area (Å²) < 4.78 is 28.3. The zero-order valence-corrected chi connectivity index (χ0v) is 15.2. The minimum atomic E-state index is -3.36. The predicted molar refractivity (Wildman–Crippen MR) is 88.4 cm³/mol. The van der Waals surface area contributed by atoms with Gasteiger partial charge in [0, 0.05) is 54.7 Å². The summed E-state index contributed by atoms with van der Waals surface area (Å²) in [5, 5.41) is 3.34. The van der Waals surface area contributed by atoms with Crippen LogP contribution in [0.15, 0.2) is 14.7 Å². The largest absolute Gasteiger partial charge is 0.314 e. The average Bonchev–Trinajstić information content (AvgIpc) is 3.07. The maximum absolute atomic E-state index is 12.8. The zero-order valence-electron chi connectivity index (χ0n) is 12.0. The van der Waals surface area contributed by atoms with E-state index in [-0.39, 0.29) is 0 Å². The van der Waals surface area contributed by atoms with Crippen LogP contribution in [0.4, 0.5) is 0 Å². The molecule has 5 nitrogen and oxygen atoms in total. The molecule has 1 aromatic rings. The SMILES string of the molecule is Cc1cc(Br)c(S(=O)(=O)N2CCC(N3CCNCC3)C2)s1. The third-order valence-corrected chi connectivity index (χ3v) is 8.72. The van der Waals surface area contributed by atoms with Gasteiger partial charge in [0.05, 0.1) is 0 Å². The average molecular weight is 394 g/mol. The van der Waals surface area contributed by atoms with E-state index in [2.05, 4.69) is 26.1 Å². The Morgan fingerprint density at radius 1 is 1.33 bits per heavy atom. The molecule has 1 N–H and O–H groups in total. The molecule has 0 aromatic carbocycles. The molecule has 0 radical (unpaired) electrons. The second-order valence-electron chi connectivity index (χ2n) is 5.58. The van der Waals surface area contributed by atoms with Gasteiger partial charge >= 0.3 is 0 Å². The fourth-order valence-corrected chi connectivity index (χ4v) is 7.39. The second kappa shape index (κ2) is 6.25. The van der Waals surface area contributed by atoms with Crippen LogP contribution in [0.2, 0.25) is 0 Å². The van der Waals surface area contributed by atoms with Gasteiger partial charge in [-0.3, -0.25) is 4.90 Å². The Morgan fingerprint density at radius 2 is 2.05 bits per heavy atom. The van der Waals surface area contributed by atoms with Gasteiger partial charge in [0.2, 0.25) is 0 Å². The van der Waals surface area contributed by atoms with Gasteiger partial charge in [0.1, 0.15) is 4.21 Å². The number of halogens is 1. The fraction of sp³-hybridized carbons (Fsp3) is 0.692. The lowest BCUT2D eigenvalue weighted by Crippen LogP contribution is -2.49. The maximum atomic E-state index is 12.8. The molecule has 118 valence electrons. The van der Waals surface area contributed by atoms with Crippen molar-refractivity contribution in [3.05, 3.63) is 15.4 Å². The molecule has 8 heteroatoms. The molecule has 0 spiro atoms. The van der Waals surface area contributed by atoms with Crippen LogP contribution in [-0.2, 0) is 10.0 Å². The molecule has 0 amide bonds. The number of nitrogens with one attached hydrogen (secondary N) is 1. The van der Waals surface area contributed by atoms with E-state index < -0.39 is 10.0 Å². The Bertz CT molecular complexity index is 611. The number of aryl methyl sites for hydroxylation is 1. The molecular weight excluding hydrogens is 374 g/mol. The lowest BCUT2D eigenvalue weighted by Gasteiger charge is -2.32. The van der Waals surface area contributed by atoms with Crippen LogP contribution in [-0.4, -0.2) is 62.9 Å². The van der Waals surface area contributed by atoms with Crippen molar-refractivity contribution >= 4 is 37.3 Å². The molecule has 2 aliphatic heterocycles. The van der Waals surface area contributed by atoms with Crippen molar-refractivity contribution in [2.75, 3.05) is 39.3 Å². The minimum Gasteiger partial charge on any atom is -0.314 e. The second-order valence-corrected chi connectivity index (χ2v) is 9.83. The molecule has 0 aliphatic carbocycles. The van der Waals surface area contributed by atoms with Crippen LogP contribution in [0.25, 0.3) is 0 Å². The van der Waals surface area contributed by atoms with Crippen LogP contribution in [0.5, 0.6) is 0 Å². The smallest absolute Gasteiger partial charge is 0.253 e. The fourth-order valence-electron chi connectivity index (χ4n) is 3.03. The molecule has 21 heavy (non-hydrogen) atoms. The lowest BCUT2D eigenvalue weighted by molar-refractivity contribution is 0.179. The monoisotopic (exact) mass is 393 g/mol. The van der Waals surface area contributed by atoms with Crippen molar-refractivity contribution in [2.45, 2.75) is 23.6 Å². The van der Waals surface area contributed by atoms with Gasteiger partial charge in [-0.15, -0.1) is 11.3 Å². The van der Waals surface area contributed by atoms with Crippen LogP contribution in [0.1, 0.15) is 11.3 Å². The summed E-state index contributed by atoms with van der Waals surface area (Å²) in [6.07, 6.45) is 0.932. The van der Waals surface area contributed by atoms with Gasteiger partial charge in [0.25, 0.3) is 10.0 Å². The number of hydrogen-bond acceptors (Lipinski definition) is 5. The Morgan fingerprint density at radius 3 is 2.67 bits per heavy atom. The summed E-state index contributed by atoms with van der Waals surface area (Å²) in [5.74, 6) is 0. The number of rotatable bonds is 3. The van der Waals surface area contributed by atoms with Crippen LogP contribution < -0.4 is 5.32 Å². The number of thiophene rings is 1. The molecule has 3 rings (SSSR count). The number of hydrogen-bond donors (Lipinski definition) is 1. The summed E-state index contributed by atoms with van der Waals surface area (Å²) in [6, 6.07) is 2.24. The Kier molecular flexibility index (Phi) is 4.73. The zero-order chi connectivity index (χ0) is 15.0. The highest BCUT2D eigenvalue weighted by atomic mass is 79.9. The van der Waals surface area contributed by atoms with Crippen molar-refractivity contribution in [1.82, 2.24) is 14.5 Å². The summed E-state index contributed by atoms with van der Waals surface area (Å²) in [4.78, 5) is 3.43. The van der Waals surface area contributed by atoms with Gasteiger partial charge in [-0.1, -0.05) is 0 Å².